The second-order valence-electron chi connectivity index (χ2n) is 4.52. The van der Waals surface area contributed by atoms with Crippen LogP contribution in [0.15, 0.2) is 53.5 Å². The quantitative estimate of drug-likeness (QED) is 0.737. The zero-order chi connectivity index (χ0) is 14.1. The van der Waals surface area contributed by atoms with Gasteiger partial charge in [-0.3, -0.25) is 4.79 Å². The van der Waals surface area contributed by atoms with Crippen molar-refractivity contribution in [1.29, 1.82) is 0 Å². The third kappa shape index (κ3) is 2.26. The van der Waals surface area contributed by atoms with Crippen LogP contribution in [0.1, 0.15) is 5.56 Å². The van der Waals surface area contributed by atoms with E-state index < -0.39 is 0 Å². The van der Waals surface area contributed by atoms with Crippen molar-refractivity contribution in [2.45, 2.75) is 6.54 Å². The first kappa shape index (κ1) is 12.7. The van der Waals surface area contributed by atoms with Crippen molar-refractivity contribution in [3.8, 4) is 0 Å². The molecular formula is C15H12ClN3O. The van der Waals surface area contributed by atoms with E-state index in [1.54, 1.807) is 22.8 Å². The molecule has 0 aliphatic rings. The monoisotopic (exact) mass is 285 g/mol. The van der Waals surface area contributed by atoms with Crippen molar-refractivity contribution in [2.75, 3.05) is 5.73 Å². The molecule has 3 rings (SSSR count). The maximum atomic E-state index is 12.1. The van der Waals surface area contributed by atoms with Gasteiger partial charge in [-0.15, -0.1) is 0 Å². The third-order valence-corrected chi connectivity index (χ3v) is 3.52. The van der Waals surface area contributed by atoms with E-state index >= 15 is 0 Å². The molecule has 0 aliphatic carbocycles. The zero-order valence-corrected chi connectivity index (χ0v) is 11.3. The predicted octanol–water partition coefficient (Wildman–Crippen LogP) is 2.68. The summed E-state index contributed by atoms with van der Waals surface area (Å²) in [6.07, 6.45) is 1.32. The summed E-state index contributed by atoms with van der Waals surface area (Å²) >= 11 is 6.16. The molecule has 0 spiro atoms. The first-order valence-electron chi connectivity index (χ1n) is 6.13. The number of hydrogen-bond acceptors (Lipinski definition) is 3. The van der Waals surface area contributed by atoms with Crippen molar-refractivity contribution in [2.24, 2.45) is 0 Å². The fourth-order valence-electron chi connectivity index (χ4n) is 2.16. The molecule has 4 nitrogen and oxygen atoms in total. The van der Waals surface area contributed by atoms with Gasteiger partial charge in [0.15, 0.2) is 0 Å². The number of hydrogen-bond donors (Lipinski definition) is 1. The van der Waals surface area contributed by atoms with E-state index in [0.717, 1.165) is 16.6 Å². The Hall–Kier alpha value is -2.33. The Morgan fingerprint density at radius 2 is 2.00 bits per heavy atom. The Morgan fingerprint density at radius 3 is 2.85 bits per heavy atom. The number of aromatic nitrogens is 2. The highest BCUT2D eigenvalue weighted by Gasteiger charge is 2.07. The molecule has 0 saturated carbocycles. The smallest absolute Gasteiger partial charge is 0.269 e. The van der Waals surface area contributed by atoms with Crippen LogP contribution in [-0.4, -0.2) is 9.55 Å². The van der Waals surface area contributed by atoms with E-state index in [-0.39, 0.29) is 5.56 Å². The highest BCUT2D eigenvalue weighted by molar-refractivity contribution is 6.31. The largest absolute Gasteiger partial charge is 0.399 e. The van der Waals surface area contributed by atoms with Crippen molar-refractivity contribution in [3.63, 3.8) is 0 Å². The summed E-state index contributed by atoms with van der Waals surface area (Å²) in [4.78, 5) is 16.2. The van der Waals surface area contributed by atoms with Crippen LogP contribution in [0.25, 0.3) is 11.0 Å². The molecule has 0 aliphatic heterocycles. The summed E-state index contributed by atoms with van der Waals surface area (Å²) in [6, 6.07) is 12.7. The fraction of sp³-hybridized carbons (Fsp3) is 0.0667. The molecule has 0 bridgehead atoms. The summed E-state index contributed by atoms with van der Waals surface area (Å²) < 4.78 is 1.64. The lowest BCUT2D eigenvalue weighted by molar-refractivity contribution is 0.787. The second-order valence-corrected chi connectivity index (χ2v) is 4.93. The first-order valence-corrected chi connectivity index (χ1v) is 6.51. The molecule has 20 heavy (non-hydrogen) atoms. The van der Waals surface area contributed by atoms with Gasteiger partial charge in [0.05, 0.1) is 23.8 Å². The summed E-state index contributed by atoms with van der Waals surface area (Å²) in [5, 5.41) is 0.590. The fourth-order valence-corrected chi connectivity index (χ4v) is 2.34. The number of fused-ring (bicyclic) bond motifs is 1. The minimum absolute atomic E-state index is 0.165. The standard InChI is InChI=1S/C15H12ClN3O/c16-12-6-5-11(17)7-10(12)9-19-14-4-2-1-3-13(14)18-8-15(19)20/h1-8H,9,17H2. The first-order chi connectivity index (χ1) is 9.65. The highest BCUT2D eigenvalue weighted by atomic mass is 35.5. The molecule has 100 valence electrons. The third-order valence-electron chi connectivity index (χ3n) is 3.15. The van der Waals surface area contributed by atoms with Crippen molar-refractivity contribution in [3.05, 3.63) is 69.6 Å². The van der Waals surface area contributed by atoms with E-state index in [1.165, 1.54) is 6.20 Å². The van der Waals surface area contributed by atoms with Gasteiger partial charge in [-0.25, -0.2) is 4.98 Å². The Labute approximate surface area is 120 Å². The minimum Gasteiger partial charge on any atom is -0.399 e. The molecule has 3 aromatic rings. The van der Waals surface area contributed by atoms with Crippen molar-refractivity contribution in [1.82, 2.24) is 9.55 Å². The number of nitrogens with zero attached hydrogens (tertiary/aromatic N) is 2. The molecular weight excluding hydrogens is 274 g/mol. The summed E-state index contributed by atoms with van der Waals surface area (Å²) in [5.74, 6) is 0. The molecule has 0 radical (unpaired) electrons. The number of benzene rings is 2. The molecule has 1 aromatic heterocycles. The molecule has 0 unspecified atom stereocenters. The molecule has 2 N–H and O–H groups in total. The van der Waals surface area contributed by atoms with Crippen LogP contribution in [0.3, 0.4) is 0 Å². The van der Waals surface area contributed by atoms with E-state index in [2.05, 4.69) is 4.98 Å². The summed E-state index contributed by atoms with van der Waals surface area (Å²) in [5.41, 5.74) is 8.59. The van der Waals surface area contributed by atoms with E-state index in [9.17, 15) is 4.79 Å². The van der Waals surface area contributed by atoms with E-state index in [4.69, 9.17) is 17.3 Å². The number of nitrogens with two attached hydrogens (primary N) is 1. The average Bonchev–Trinajstić information content (AvgIpc) is 2.46. The van der Waals surface area contributed by atoms with E-state index in [1.807, 2.05) is 24.3 Å². The van der Waals surface area contributed by atoms with Gasteiger partial charge >= 0.3 is 0 Å². The van der Waals surface area contributed by atoms with Crippen LogP contribution < -0.4 is 11.3 Å². The van der Waals surface area contributed by atoms with Crippen LogP contribution >= 0.6 is 11.6 Å². The molecule has 0 amide bonds. The van der Waals surface area contributed by atoms with Gasteiger partial charge in [0.1, 0.15) is 0 Å². The van der Waals surface area contributed by atoms with Crippen LogP contribution in [0.5, 0.6) is 0 Å². The van der Waals surface area contributed by atoms with Crippen molar-refractivity contribution < 1.29 is 0 Å². The minimum atomic E-state index is -0.165. The normalized spacial score (nSPS) is 10.8. The van der Waals surface area contributed by atoms with Gasteiger partial charge in [0.25, 0.3) is 5.56 Å². The van der Waals surface area contributed by atoms with Gasteiger partial charge in [-0.1, -0.05) is 23.7 Å². The lowest BCUT2D eigenvalue weighted by Crippen LogP contribution is -2.21. The van der Waals surface area contributed by atoms with Crippen molar-refractivity contribution >= 4 is 28.3 Å². The Morgan fingerprint density at radius 1 is 1.20 bits per heavy atom. The highest BCUT2D eigenvalue weighted by Crippen LogP contribution is 2.20. The number of rotatable bonds is 2. The van der Waals surface area contributed by atoms with E-state index in [0.29, 0.717) is 17.3 Å². The lowest BCUT2D eigenvalue weighted by Gasteiger charge is -2.11. The number of halogens is 1. The average molecular weight is 286 g/mol. The molecule has 0 fully saturated rings. The maximum absolute atomic E-state index is 12.1. The predicted molar refractivity (Wildman–Crippen MR) is 81.0 cm³/mol. The Bertz CT molecular complexity index is 842. The summed E-state index contributed by atoms with van der Waals surface area (Å²) in [6.45, 7) is 0.367. The summed E-state index contributed by atoms with van der Waals surface area (Å²) in [7, 11) is 0. The zero-order valence-electron chi connectivity index (χ0n) is 10.6. The topological polar surface area (TPSA) is 60.9 Å². The number of anilines is 1. The number of nitrogen functional groups attached to an aromatic ring is 1. The van der Waals surface area contributed by atoms with Gasteiger partial charge in [-0.05, 0) is 35.9 Å². The maximum Gasteiger partial charge on any atom is 0.269 e. The SMILES string of the molecule is Nc1ccc(Cl)c(Cn2c(=O)cnc3ccccc32)c1. The van der Waals surface area contributed by atoms with Crippen LogP contribution in [0.4, 0.5) is 5.69 Å². The van der Waals surface area contributed by atoms with Gasteiger partial charge in [-0.2, -0.15) is 0 Å². The lowest BCUT2D eigenvalue weighted by atomic mass is 10.2. The second kappa shape index (κ2) is 4.98. The molecule has 1 heterocycles. The molecule has 2 aromatic carbocycles. The van der Waals surface area contributed by atoms with Gasteiger partial charge in [0.2, 0.25) is 0 Å². The van der Waals surface area contributed by atoms with Crippen LogP contribution in [0, 0.1) is 0 Å². The van der Waals surface area contributed by atoms with Crippen LogP contribution in [0.2, 0.25) is 5.02 Å². The Balaban J connectivity index is 2.17. The Kier molecular flexibility index (Phi) is 3.16. The molecule has 5 heteroatoms. The number of para-hydroxylation sites is 2. The van der Waals surface area contributed by atoms with Gasteiger partial charge < -0.3 is 10.3 Å². The molecule has 0 atom stereocenters. The van der Waals surface area contributed by atoms with Crippen LogP contribution in [-0.2, 0) is 6.54 Å². The van der Waals surface area contributed by atoms with Gasteiger partial charge in [0, 0.05) is 10.7 Å². The molecule has 0 saturated heterocycles.